The van der Waals surface area contributed by atoms with Crippen LogP contribution in [0.5, 0.6) is 23.0 Å². The summed E-state index contributed by atoms with van der Waals surface area (Å²) in [5, 5.41) is 9.23. The Morgan fingerprint density at radius 2 is 1.16 bits per heavy atom. The monoisotopic (exact) mass is 739 g/mol. The van der Waals surface area contributed by atoms with E-state index >= 15 is 0 Å². The van der Waals surface area contributed by atoms with Crippen LogP contribution in [0, 0.1) is 0 Å². The SMILES string of the molecule is COc1cc2c(cc1OCCCOc1cc3c(cc1OC)C(=O)N1C=C(c4ccc(C(=O)O)cc4)C[C@H]1C=N3)N=CC1CC(c3ccc(N)cc3)=CN1C2=O. The van der Waals surface area contributed by atoms with Gasteiger partial charge in [-0.3, -0.25) is 19.6 Å². The third kappa shape index (κ3) is 6.76. The minimum Gasteiger partial charge on any atom is -0.493 e. The highest BCUT2D eigenvalue weighted by Crippen LogP contribution is 2.42. The van der Waals surface area contributed by atoms with Crippen molar-refractivity contribution < 1.29 is 38.4 Å². The smallest absolute Gasteiger partial charge is 0.335 e. The first-order chi connectivity index (χ1) is 26.7. The Hall–Kier alpha value is -6.89. The molecule has 3 N–H and O–H groups in total. The highest BCUT2D eigenvalue weighted by atomic mass is 16.5. The molecule has 55 heavy (non-hydrogen) atoms. The standard InChI is InChI=1S/C42H37N5O8/c1-52-36-16-32-34(44-20-30-14-27(22-46(30)40(32)48)24-4-6-26(7-5-24)42(50)51)18-38(36)54-12-3-13-55-39-19-35-33(17-37(39)53-2)41(49)47-23-28(15-31(47)21-45-35)25-8-10-29(43)11-9-25/h4-11,16-23,30-31H,3,12-15,43H2,1-2H3,(H,50,51)/t30-,31?/m0/s1. The highest BCUT2D eigenvalue weighted by molar-refractivity contribution is 6.06. The zero-order valence-electron chi connectivity index (χ0n) is 30.1. The number of nitrogens with two attached hydrogens (primary N) is 1. The number of carboxylic acids is 1. The number of hydrogen-bond acceptors (Lipinski definition) is 10. The van der Waals surface area contributed by atoms with Crippen molar-refractivity contribution in [1.29, 1.82) is 0 Å². The van der Waals surface area contributed by atoms with E-state index in [1.54, 1.807) is 77.0 Å². The van der Waals surface area contributed by atoms with Gasteiger partial charge in [0.1, 0.15) is 0 Å². The van der Waals surface area contributed by atoms with E-state index in [4.69, 9.17) is 24.7 Å². The summed E-state index contributed by atoms with van der Waals surface area (Å²) < 4.78 is 23.4. The predicted molar refractivity (Wildman–Crippen MR) is 207 cm³/mol. The topological polar surface area (TPSA) is 166 Å². The molecule has 0 saturated carbocycles. The number of amides is 2. The third-order valence-electron chi connectivity index (χ3n) is 10.0. The first kappa shape index (κ1) is 35.2. The Morgan fingerprint density at radius 3 is 1.60 bits per heavy atom. The highest BCUT2D eigenvalue weighted by Gasteiger charge is 2.35. The largest absolute Gasteiger partial charge is 0.493 e. The summed E-state index contributed by atoms with van der Waals surface area (Å²) in [4.78, 5) is 51.4. The quantitative estimate of drug-likeness (QED) is 0.125. The Bertz CT molecular complexity index is 2330. The van der Waals surface area contributed by atoms with E-state index in [1.165, 1.54) is 14.2 Å². The number of fused-ring (bicyclic) bond motifs is 4. The maximum atomic E-state index is 13.7. The van der Waals surface area contributed by atoms with Gasteiger partial charge >= 0.3 is 5.97 Å². The lowest BCUT2D eigenvalue weighted by Gasteiger charge is -2.19. The fourth-order valence-electron chi connectivity index (χ4n) is 7.09. The van der Waals surface area contributed by atoms with Crippen LogP contribution in [0.3, 0.4) is 0 Å². The van der Waals surface area contributed by atoms with Crippen LogP contribution in [0.2, 0.25) is 0 Å². The zero-order chi connectivity index (χ0) is 38.2. The number of carbonyl (C=O) groups excluding carboxylic acids is 2. The molecule has 2 amide bonds. The molecule has 4 aromatic rings. The summed E-state index contributed by atoms with van der Waals surface area (Å²) >= 11 is 0. The number of nitrogen functional groups attached to an aromatic ring is 1. The normalized spacial score (nSPS) is 18.0. The summed E-state index contributed by atoms with van der Waals surface area (Å²) in [6, 6.07) is 20.4. The maximum Gasteiger partial charge on any atom is 0.335 e. The lowest BCUT2D eigenvalue weighted by atomic mass is 10.0. The van der Waals surface area contributed by atoms with Crippen LogP contribution in [0.4, 0.5) is 17.1 Å². The van der Waals surface area contributed by atoms with Gasteiger partial charge in [0, 0.05) is 61.9 Å². The number of carbonyl (C=O) groups is 3. The van der Waals surface area contributed by atoms with Crippen LogP contribution in [0.1, 0.15) is 61.5 Å². The second-order valence-corrected chi connectivity index (χ2v) is 13.4. The fourth-order valence-corrected chi connectivity index (χ4v) is 7.09. The molecule has 4 aromatic carbocycles. The molecule has 4 aliphatic rings. The number of rotatable bonds is 11. The van der Waals surface area contributed by atoms with Crippen molar-refractivity contribution in [2.45, 2.75) is 31.3 Å². The van der Waals surface area contributed by atoms with Crippen LogP contribution >= 0.6 is 0 Å². The summed E-state index contributed by atoms with van der Waals surface area (Å²) in [7, 11) is 3.04. The van der Waals surface area contributed by atoms with Crippen molar-refractivity contribution in [3.8, 4) is 23.0 Å². The summed E-state index contributed by atoms with van der Waals surface area (Å²) in [6.07, 6.45) is 8.88. The zero-order valence-corrected chi connectivity index (χ0v) is 30.1. The molecule has 13 nitrogen and oxygen atoms in total. The van der Waals surface area contributed by atoms with E-state index in [9.17, 15) is 19.5 Å². The van der Waals surface area contributed by atoms with Gasteiger partial charge in [0.05, 0.1) is 67.6 Å². The maximum absolute atomic E-state index is 13.7. The van der Waals surface area contributed by atoms with E-state index in [-0.39, 0.29) is 42.7 Å². The van der Waals surface area contributed by atoms with Crippen molar-refractivity contribution in [2.75, 3.05) is 33.2 Å². The summed E-state index contributed by atoms with van der Waals surface area (Å²) in [6.45, 7) is 0.557. The molecule has 0 saturated heterocycles. The van der Waals surface area contributed by atoms with Crippen molar-refractivity contribution in [2.24, 2.45) is 9.98 Å². The second kappa shape index (κ2) is 14.5. The van der Waals surface area contributed by atoms with Crippen molar-refractivity contribution in [3.05, 3.63) is 113 Å². The molecule has 4 heterocycles. The molecular formula is C42H37N5O8. The number of ether oxygens (including phenoxy) is 4. The molecule has 0 aromatic heterocycles. The minimum absolute atomic E-state index is 0.173. The Balaban J connectivity index is 0.908. The van der Waals surface area contributed by atoms with Gasteiger partial charge < -0.3 is 39.6 Å². The van der Waals surface area contributed by atoms with E-state index in [2.05, 4.69) is 9.98 Å². The number of carboxylic acid groups (broad SMARTS) is 1. The van der Waals surface area contributed by atoms with Gasteiger partial charge in [0.25, 0.3) is 11.8 Å². The number of aromatic carboxylic acids is 1. The first-order valence-corrected chi connectivity index (χ1v) is 17.7. The molecule has 0 bridgehead atoms. The number of anilines is 1. The fraction of sp³-hybridized carbons (Fsp3) is 0.214. The minimum atomic E-state index is -0.994. The van der Waals surface area contributed by atoms with Gasteiger partial charge in [-0.2, -0.15) is 0 Å². The summed E-state index contributed by atoms with van der Waals surface area (Å²) in [5.41, 5.74) is 12.3. The van der Waals surface area contributed by atoms with E-state index in [1.807, 2.05) is 30.5 Å². The molecular weight excluding hydrogens is 702 g/mol. The van der Waals surface area contributed by atoms with Crippen LogP contribution in [0.15, 0.2) is 95.2 Å². The average molecular weight is 740 g/mol. The van der Waals surface area contributed by atoms with E-state index in [0.29, 0.717) is 70.4 Å². The lowest BCUT2D eigenvalue weighted by molar-refractivity contribution is 0.0695. The Labute approximate surface area is 316 Å². The molecule has 2 atom stereocenters. The number of nitrogens with zero attached hydrogens (tertiary/aromatic N) is 4. The molecule has 1 unspecified atom stereocenters. The van der Waals surface area contributed by atoms with Crippen LogP contribution < -0.4 is 24.7 Å². The van der Waals surface area contributed by atoms with Crippen molar-refractivity contribution >= 4 is 58.4 Å². The third-order valence-corrected chi connectivity index (χ3v) is 10.0. The first-order valence-electron chi connectivity index (χ1n) is 17.7. The summed E-state index contributed by atoms with van der Waals surface area (Å²) in [5.74, 6) is 0.301. The second-order valence-electron chi connectivity index (χ2n) is 13.4. The van der Waals surface area contributed by atoms with E-state index < -0.39 is 5.97 Å². The number of benzene rings is 4. The van der Waals surface area contributed by atoms with Gasteiger partial charge in [0.15, 0.2) is 23.0 Å². The van der Waals surface area contributed by atoms with Crippen LogP contribution in [0.25, 0.3) is 11.1 Å². The Morgan fingerprint density at radius 1 is 0.709 bits per heavy atom. The van der Waals surface area contributed by atoms with Gasteiger partial charge in [-0.15, -0.1) is 0 Å². The number of methoxy groups -OCH3 is 2. The van der Waals surface area contributed by atoms with Crippen LogP contribution in [-0.2, 0) is 0 Å². The lowest BCUT2D eigenvalue weighted by Crippen LogP contribution is -2.32. The van der Waals surface area contributed by atoms with E-state index in [0.717, 1.165) is 22.3 Å². The predicted octanol–water partition coefficient (Wildman–Crippen LogP) is 6.78. The molecule has 0 fully saturated rings. The Kier molecular flexibility index (Phi) is 9.27. The molecule has 0 aliphatic carbocycles. The van der Waals surface area contributed by atoms with Crippen LogP contribution in [-0.4, -0.2) is 84.6 Å². The van der Waals surface area contributed by atoms with Gasteiger partial charge in [0.2, 0.25) is 0 Å². The molecule has 4 aliphatic heterocycles. The van der Waals surface area contributed by atoms with Crippen molar-refractivity contribution in [1.82, 2.24) is 9.80 Å². The van der Waals surface area contributed by atoms with Crippen molar-refractivity contribution in [3.63, 3.8) is 0 Å². The average Bonchev–Trinajstić information content (AvgIpc) is 3.78. The van der Waals surface area contributed by atoms with Gasteiger partial charge in [-0.05, 0) is 58.7 Å². The number of aliphatic imine (C=N–C) groups is 2. The van der Waals surface area contributed by atoms with Gasteiger partial charge in [-0.1, -0.05) is 24.3 Å². The molecule has 0 spiro atoms. The molecule has 8 rings (SSSR count). The number of hydrogen-bond donors (Lipinski definition) is 2. The van der Waals surface area contributed by atoms with Gasteiger partial charge in [-0.25, -0.2) is 4.79 Å². The molecule has 13 heteroatoms. The molecule has 0 radical (unpaired) electrons. The molecule has 278 valence electrons.